The fourth-order valence-corrected chi connectivity index (χ4v) is 2.40. The summed E-state index contributed by atoms with van der Waals surface area (Å²) >= 11 is 14.6. The van der Waals surface area contributed by atoms with Crippen LogP contribution >= 0.6 is 39.1 Å². The highest BCUT2D eigenvalue weighted by atomic mass is 79.9. The standard InChI is InChI=1S/C11H6BrCl2N3O3/c12-8-3-6(13)4-9(17(18)19)11(8)20-5-7-1-2-10(14)16-15-7/h1-4H,5H2. The summed E-state index contributed by atoms with van der Waals surface area (Å²) in [6, 6.07) is 5.90. The van der Waals surface area contributed by atoms with Gasteiger partial charge in [-0.3, -0.25) is 10.1 Å². The Morgan fingerprint density at radius 3 is 2.65 bits per heavy atom. The average molecular weight is 379 g/mol. The molecule has 0 radical (unpaired) electrons. The Morgan fingerprint density at radius 2 is 2.05 bits per heavy atom. The van der Waals surface area contributed by atoms with Crippen molar-refractivity contribution in [2.75, 3.05) is 0 Å². The van der Waals surface area contributed by atoms with E-state index in [1.807, 2.05) is 0 Å². The third-order valence-corrected chi connectivity index (χ3v) is 3.25. The molecule has 6 nitrogen and oxygen atoms in total. The number of nitro groups is 1. The van der Waals surface area contributed by atoms with Gasteiger partial charge in [0.1, 0.15) is 12.3 Å². The number of halogens is 3. The molecule has 0 spiro atoms. The van der Waals surface area contributed by atoms with Gasteiger partial charge in [0.2, 0.25) is 5.75 Å². The summed E-state index contributed by atoms with van der Waals surface area (Å²) in [5.41, 5.74) is 0.261. The highest BCUT2D eigenvalue weighted by molar-refractivity contribution is 9.10. The molecule has 104 valence electrons. The van der Waals surface area contributed by atoms with Gasteiger partial charge in [-0.05, 0) is 34.1 Å². The zero-order valence-electron chi connectivity index (χ0n) is 9.72. The molecule has 0 aliphatic heterocycles. The number of nitro benzene ring substituents is 1. The van der Waals surface area contributed by atoms with Crippen LogP contribution in [-0.2, 0) is 6.61 Å². The molecule has 1 aromatic heterocycles. The lowest BCUT2D eigenvalue weighted by Crippen LogP contribution is -2.02. The molecule has 0 amide bonds. The third kappa shape index (κ3) is 3.56. The van der Waals surface area contributed by atoms with Crippen LogP contribution in [0, 0.1) is 10.1 Å². The summed E-state index contributed by atoms with van der Waals surface area (Å²) in [5.74, 6) is 0.0798. The van der Waals surface area contributed by atoms with Gasteiger partial charge in [-0.25, -0.2) is 0 Å². The first-order valence-electron chi connectivity index (χ1n) is 5.21. The van der Waals surface area contributed by atoms with Crippen LogP contribution in [0.5, 0.6) is 5.75 Å². The van der Waals surface area contributed by atoms with Crippen molar-refractivity contribution in [1.29, 1.82) is 0 Å². The summed E-state index contributed by atoms with van der Waals surface area (Å²) in [4.78, 5) is 10.4. The van der Waals surface area contributed by atoms with Gasteiger partial charge in [0, 0.05) is 11.1 Å². The number of benzene rings is 1. The number of aromatic nitrogens is 2. The molecular formula is C11H6BrCl2N3O3. The molecule has 1 heterocycles. The number of hydrogen-bond donors (Lipinski definition) is 0. The van der Waals surface area contributed by atoms with Gasteiger partial charge < -0.3 is 4.74 Å². The highest BCUT2D eigenvalue weighted by Gasteiger charge is 2.20. The van der Waals surface area contributed by atoms with E-state index >= 15 is 0 Å². The minimum atomic E-state index is -0.570. The van der Waals surface area contributed by atoms with Gasteiger partial charge in [-0.1, -0.05) is 23.2 Å². The van der Waals surface area contributed by atoms with E-state index in [1.54, 1.807) is 12.1 Å². The maximum atomic E-state index is 11.0. The summed E-state index contributed by atoms with van der Waals surface area (Å²) < 4.78 is 5.80. The van der Waals surface area contributed by atoms with Gasteiger partial charge in [0.05, 0.1) is 9.40 Å². The zero-order valence-corrected chi connectivity index (χ0v) is 12.8. The van der Waals surface area contributed by atoms with Crippen molar-refractivity contribution in [3.63, 3.8) is 0 Å². The van der Waals surface area contributed by atoms with Crippen LogP contribution < -0.4 is 4.74 Å². The second kappa shape index (κ2) is 6.34. The van der Waals surface area contributed by atoms with Crippen molar-refractivity contribution >= 4 is 44.8 Å². The maximum Gasteiger partial charge on any atom is 0.313 e. The number of rotatable bonds is 4. The number of hydrogen-bond acceptors (Lipinski definition) is 5. The van der Waals surface area contributed by atoms with Crippen LogP contribution in [0.4, 0.5) is 5.69 Å². The van der Waals surface area contributed by atoms with Gasteiger partial charge in [-0.2, -0.15) is 5.10 Å². The van der Waals surface area contributed by atoms with Crippen LogP contribution in [0.1, 0.15) is 5.69 Å². The van der Waals surface area contributed by atoms with Crippen LogP contribution in [0.15, 0.2) is 28.7 Å². The lowest BCUT2D eigenvalue weighted by atomic mass is 10.3. The van der Waals surface area contributed by atoms with Crippen LogP contribution in [-0.4, -0.2) is 15.1 Å². The van der Waals surface area contributed by atoms with Crippen LogP contribution in [0.2, 0.25) is 10.2 Å². The molecule has 0 aliphatic rings. The molecule has 20 heavy (non-hydrogen) atoms. The largest absolute Gasteiger partial charge is 0.479 e. The normalized spacial score (nSPS) is 10.3. The maximum absolute atomic E-state index is 11.0. The van der Waals surface area contributed by atoms with Gasteiger partial charge in [0.25, 0.3) is 0 Å². The summed E-state index contributed by atoms with van der Waals surface area (Å²) in [7, 11) is 0. The number of ether oxygens (including phenoxy) is 1. The first kappa shape index (κ1) is 15.0. The van der Waals surface area contributed by atoms with E-state index in [9.17, 15) is 10.1 Å². The number of nitrogens with zero attached hydrogens (tertiary/aromatic N) is 3. The molecule has 1 aromatic carbocycles. The fraction of sp³-hybridized carbons (Fsp3) is 0.0909. The summed E-state index contributed by atoms with van der Waals surface area (Å²) in [6.45, 7) is 0.0191. The minimum Gasteiger partial charge on any atom is -0.479 e. The van der Waals surface area contributed by atoms with Crippen molar-refractivity contribution in [3.05, 3.63) is 54.7 Å². The van der Waals surface area contributed by atoms with E-state index in [0.717, 1.165) is 0 Å². The molecule has 0 bridgehead atoms. The van der Waals surface area contributed by atoms with Crippen molar-refractivity contribution in [2.24, 2.45) is 0 Å². The Morgan fingerprint density at radius 1 is 1.30 bits per heavy atom. The predicted molar refractivity (Wildman–Crippen MR) is 77.2 cm³/mol. The first-order chi connectivity index (χ1) is 9.47. The smallest absolute Gasteiger partial charge is 0.313 e. The third-order valence-electron chi connectivity index (χ3n) is 2.24. The van der Waals surface area contributed by atoms with Crippen molar-refractivity contribution in [2.45, 2.75) is 6.61 Å². The first-order valence-corrected chi connectivity index (χ1v) is 6.76. The fourth-order valence-electron chi connectivity index (χ4n) is 1.39. The van der Waals surface area contributed by atoms with Crippen molar-refractivity contribution < 1.29 is 9.66 Å². The Hall–Kier alpha value is -1.44. The lowest BCUT2D eigenvalue weighted by Gasteiger charge is -2.08. The molecule has 2 aromatic rings. The molecular weight excluding hydrogens is 373 g/mol. The van der Waals surface area contributed by atoms with Crippen LogP contribution in [0.25, 0.3) is 0 Å². The summed E-state index contributed by atoms with van der Waals surface area (Å²) in [6.07, 6.45) is 0. The summed E-state index contributed by atoms with van der Waals surface area (Å²) in [5, 5.41) is 18.9. The molecule has 0 aliphatic carbocycles. The van der Waals surface area contributed by atoms with Gasteiger partial charge in [-0.15, -0.1) is 5.10 Å². The molecule has 9 heteroatoms. The van der Waals surface area contributed by atoms with E-state index in [2.05, 4.69) is 26.1 Å². The predicted octanol–water partition coefficient (Wildman–Crippen LogP) is 4.03. The van der Waals surface area contributed by atoms with E-state index < -0.39 is 4.92 Å². The molecule has 0 N–H and O–H groups in total. The van der Waals surface area contributed by atoms with E-state index in [0.29, 0.717) is 10.2 Å². The Labute approximate surface area is 132 Å². The second-order valence-corrected chi connectivity index (χ2v) is 5.31. The average Bonchev–Trinajstić information content (AvgIpc) is 2.38. The Balaban J connectivity index is 2.24. The molecule has 0 atom stereocenters. The quantitative estimate of drug-likeness (QED) is 0.592. The minimum absolute atomic E-state index is 0.0191. The molecule has 2 rings (SSSR count). The topological polar surface area (TPSA) is 78.2 Å². The lowest BCUT2D eigenvalue weighted by molar-refractivity contribution is -0.386. The zero-order chi connectivity index (χ0) is 14.7. The molecule has 0 fully saturated rings. The second-order valence-electron chi connectivity index (χ2n) is 3.63. The highest BCUT2D eigenvalue weighted by Crippen LogP contribution is 2.38. The van der Waals surface area contributed by atoms with E-state index in [-0.39, 0.29) is 28.2 Å². The monoisotopic (exact) mass is 377 g/mol. The Bertz CT molecular complexity index is 652. The van der Waals surface area contributed by atoms with Gasteiger partial charge in [0.15, 0.2) is 5.15 Å². The van der Waals surface area contributed by atoms with Crippen molar-refractivity contribution in [1.82, 2.24) is 10.2 Å². The van der Waals surface area contributed by atoms with E-state index in [4.69, 9.17) is 27.9 Å². The van der Waals surface area contributed by atoms with E-state index in [1.165, 1.54) is 12.1 Å². The SMILES string of the molecule is O=[N+]([O-])c1cc(Cl)cc(Br)c1OCc1ccc(Cl)nn1. The van der Waals surface area contributed by atoms with Crippen molar-refractivity contribution in [3.8, 4) is 5.75 Å². The van der Waals surface area contributed by atoms with Crippen LogP contribution in [0.3, 0.4) is 0 Å². The molecule has 0 saturated heterocycles. The Kier molecular flexibility index (Phi) is 4.74. The molecule has 0 unspecified atom stereocenters. The molecule has 0 saturated carbocycles. The van der Waals surface area contributed by atoms with Gasteiger partial charge >= 0.3 is 5.69 Å².